The molecule has 1 fully saturated rings. The summed E-state index contributed by atoms with van der Waals surface area (Å²) in [5, 5.41) is 29.6. The van der Waals surface area contributed by atoms with E-state index in [0.717, 1.165) is 35.2 Å². The largest absolute Gasteiger partial charge is 0.497 e. The summed E-state index contributed by atoms with van der Waals surface area (Å²) in [6.07, 6.45) is 10.6. The van der Waals surface area contributed by atoms with Crippen molar-refractivity contribution in [2.24, 2.45) is 5.92 Å². The first kappa shape index (κ1) is 23.1. The monoisotopic (exact) mass is 482 g/mol. The van der Waals surface area contributed by atoms with Crippen LogP contribution in [0.3, 0.4) is 0 Å². The Hall–Kier alpha value is -4.65. The van der Waals surface area contributed by atoms with Gasteiger partial charge in [0.15, 0.2) is 0 Å². The molecule has 5 rings (SSSR count). The smallest absolute Gasteiger partial charge is 0.217 e. The molecule has 1 saturated carbocycles. The average Bonchev–Trinajstić information content (AvgIpc) is 3.55. The van der Waals surface area contributed by atoms with Gasteiger partial charge in [-0.25, -0.2) is 9.50 Å². The molecule has 4 aromatic rings. The van der Waals surface area contributed by atoms with Crippen LogP contribution < -0.4 is 10.1 Å². The lowest BCUT2D eigenvalue weighted by Crippen LogP contribution is -2.25. The Bertz CT molecular complexity index is 1460. The number of hydrogen-bond donors (Lipinski definition) is 2. The normalized spacial score (nSPS) is 17.3. The minimum absolute atomic E-state index is 0.0159. The molecule has 3 aromatic heterocycles. The minimum Gasteiger partial charge on any atom is -0.497 e. The van der Waals surface area contributed by atoms with E-state index in [-0.39, 0.29) is 24.5 Å². The Kier molecular flexibility index (Phi) is 6.36. The SMILES string of the molecule is CN/C=C(\C(=N)OCc1ccc(OC)cc1)c1cn2nccc2c(-c2cnn(C3CC(C#N)C3)c2)n1. The Morgan fingerprint density at radius 3 is 2.75 bits per heavy atom. The van der Waals surface area contributed by atoms with Crippen molar-refractivity contribution in [3.8, 4) is 23.1 Å². The van der Waals surface area contributed by atoms with Crippen LogP contribution in [0.5, 0.6) is 5.75 Å². The number of hydrogen-bond acceptors (Lipinski definition) is 8. The Balaban J connectivity index is 1.42. The molecule has 3 heterocycles. The van der Waals surface area contributed by atoms with Crippen molar-refractivity contribution in [2.75, 3.05) is 14.2 Å². The maximum absolute atomic E-state index is 9.08. The minimum atomic E-state index is -0.0159. The zero-order valence-electron chi connectivity index (χ0n) is 20.0. The molecule has 182 valence electrons. The summed E-state index contributed by atoms with van der Waals surface area (Å²) in [7, 11) is 3.39. The van der Waals surface area contributed by atoms with E-state index in [4.69, 9.17) is 25.1 Å². The fraction of sp³-hybridized carbons (Fsp3) is 0.269. The molecule has 0 aliphatic heterocycles. The second-order valence-corrected chi connectivity index (χ2v) is 8.61. The summed E-state index contributed by atoms with van der Waals surface area (Å²) in [4.78, 5) is 4.90. The van der Waals surface area contributed by atoms with Gasteiger partial charge in [0, 0.05) is 25.0 Å². The van der Waals surface area contributed by atoms with Gasteiger partial charge < -0.3 is 14.8 Å². The summed E-state index contributed by atoms with van der Waals surface area (Å²) in [6, 6.07) is 12.0. The topological polar surface area (TPSA) is 126 Å². The fourth-order valence-corrected chi connectivity index (χ4v) is 4.19. The van der Waals surface area contributed by atoms with E-state index in [9.17, 15) is 0 Å². The molecule has 1 aliphatic rings. The Morgan fingerprint density at radius 2 is 2.03 bits per heavy atom. The van der Waals surface area contributed by atoms with E-state index < -0.39 is 0 Å². The number of nitrogens with one attached hydrogen (secondary N) is 2. The first-order valence-electron chi connectivity index (χ1n) is 11.6. The number of methoxy groups -OCH3 is 1. The van der Waals surface area contributed by atoms with Gasteiger partial charge in [-0.2, -0.15) is 15.5 Å². The van der Waals surface area contributed by atoms with Gasteiger partial charge in [0.2, 0.25) is 5.90 Å². The molecule has 10 heteroatoms. The summed E-state index contributed by atoms with van der Waals surface area (Å²) in [5.41, 5.74) is 4.33. The number of nitrogens with zero attached hydrogens (tertiary/aromatic N) is 6. The van der Waals surface area contributed by atoms with Crippen LogP contribution in [-0.2, 0) is 11.3 Å². The van der Waals surface area contributed by atoms with E-state index >= 15 is 0 Å². The van der Waals surface area contributed by atoms with Gasteiger partial charge >= 0.3 is 0 Å². The molecule has 0 spiro atoms. The number of benzene rings is 1. The molecule has 2 N–H and O–H groups in total. The van der Waals surface area contributed by atoms with Crippen LogP contribution in [0.15, 0.2) is 61.3 Å². The van der Waals surface area contributed by atoms with Gasteiger partial charge in [0.25, 0.3) is 0 Å². The Morgan fingerprint density at radius 1 is 1.22 bits per heavy atom. The van der Waals surface area contributed by atoms with Crippen LogP contribution >= 0.6 is 0 Å². The van der Waals surface area contributed by atoms with Crippen molar-refractivity contribution in [1.29, 1.82) is 10.7 Å². The van der Waals surface area contributed by atoms with E-state index in [1.165, 1.54) is 0 Å². The number of ether oxygens (including phenoxy) is 2. The lowest BCUT2D eigenvalue weighted by Gasteiger charge is -2.30. The van der Waals surface area contributed by atoms with Crippen LogP contribution in [0, 0.1) is 22.7 Å². The fourth-order valence-electron chi connectivity index (χ4n) is 4.19. The number of rotatable bonds is 8. The molecule has 0 bridgehead atoms. The second kappa shape index (κ2) is 9.92. The first-order chi connectivity index (χ1) is 17.6. The number of aromatic nitrogens is 5. The zero-order chi connectivity index (χ0) is 25.1. The van der Waals surface area contributed by atoms with Gasteiger partial charge in [-0.15, -0.1) is 0 Å². The molecule has 0 radical (unpaired) electrons. The zero-order valence-corrected chi connectivity index (χ0v) is 20.0. The first-order valence-corrected chi connectivity index (χ1v) is 11.6. The van der Waals surface area contributed by atoms with E-state index in [2.05, 4.69) is 21.6 Å². The van der Waals surface area contributed by atoms with Gasteiger partial charge in [0.1, 0.15) is 12.4 Å². The lowest BCUT2D eigenvalue weighted by atomic mass is 9.81. The number of nitriles is 1. The maximum Gasteiger partial charge on any atom is 0.217 e. The van der Waals surface area contributed by atoms with Crippen molar-refractivity contribution in [3.63, 3.8) is 0 Å². The van der Waals surface area contributed by atoms with Gasteiger partial charge in [-0.3, -0.25) is 10.1 Å². The quantitative estimate of drug-likeness (QED) is 0.289. The van der Waals surface area contributed by atoms with Gasteiger partial charge in [-0.05, 0) is 36.6 Å². The van der Waals surface area contributed by atoms with E-state index in [0.29, 0.717) is 17.0 Å². The predicted molar refractivity (Wildman–Crippen MR) is 134 cm³/mol. The van der Waals surface area contributed by atoms with Crippen molar-refractivity contribution < 1.29 is 9.47 Å². The molecule has 1 aromatic carbocycles. The van der Waals surface area contributed by atoms with Crippen molar-refractivity contribution in [3.05, 3.63) is 72.6 Å². The average molecular weight is 483 g/mol. The molecule has 10 nitrogen and oxygen atoms in total. The molecule has 0 amide bonds. The second-order valence-electron chi connectivity index (χ2n) is 8.61. The van der Waals surface area contributed by atoms with Crippen molar-refractivity contribution in [2.45, 2.75) is 25.5 Å². The standard InChI is InChI=1S/C26H26N8O2/c1-29-13-22(26(28)36-16-17-3-5-21(35-2)6-4-17)23-15-34-24(7-8-30-34)25(32-23)19-12-31-33(14-19)20-9-18(10-20)11-27/h3-8,12-15,18,20,28-29H,9-10,16H2,1-2H3/b22-13-,28-26?. The Labute approximate surface area is 208 Å². The van der Waals surface area contributed by atoms with Gasteiger partial charge in [-0.1, -0.05) is 12.1 Å². The third kappa shape index (κ3) is 4.51. The molecular weight excluding hydrogens is 456 g/mol. The highest BCUT2D eigenvalue weighted by Crippen LogP contribution is 2.37. The summed E-state index contributed by atoms with van der Waals surface area (Å²) in [5.74, 6) is 0.848. The third-order valence-electron chi connectivity index (χ3n) is 6.29. The van der Waals surface area contributed by atoms with Crippen LogP contribution in [0.1, 0.15) is 30.1 Å². The van der Waals surface area contributed by atoms with Crippen LogP contribution in [-0.4, -0.2) is 44.4 Å². The lowest BCUT2D eigenvalue weighted by molar-refractivity contribution is 0.230. The van der Waals surface area contributed by atoms with Crippen LogP contribution in [0.2, 0.25) is 0 Å². The molecule has 0 unspecified atom stereocenters. The van der Waals surface area contributed by atoms with E-state index in [1.54, 1.807) is 43.5 Å². The maximum atomic E-state index is 9.08. The molecule has 0 saturated heterocycles. The molecule has 0 atom stereocenters. The highest BCUT2D eigenvalue weighted by Gasteiger charge is 2.31. The molecular formula is C26H26N8O2. The highest BCUT2D eigenvalue weighted by atomic mass is 16.5. The predicted octanol–water partition coefficient (Wildman–Crippen LogP) is 3.83. The number of fused-ring (bicyclic) bond motifs is 1. The summed E-state index contributed by atoms with van der Waals surface area (Å²) >= 11 is 0. The van der Waals surface area contributed by atoms with Crippen molar-refractivity contribution >= 4 is 17.0 Å². The van der Waals surface area contributed by atoms with Crippen LogP contribution in [0.4, 0.5) is 0 Å². The molecule has 36 heavy (non-hydrogen) atoms. The van der Waals surface area contributed by atoms with Crippen LogP contribution in [0.25, 0.3) is 22.3 Å². The third-order valence-corrected chi connectivity index (χ3v) is 6.29. The van der Waals surface area contributed by atoms with Gasteiger partial charge in [0.05, 0.1) is 66.2 Å². The van der Waals surface area contributed by atoms with Crippen molar-refractivity contribution in [1.82, 2.24) is 29.7 Å². The highest BCUT2D eigenvalue weighted by molar-refractivity contribution is 6.17. The van der Waals surface area contributed by atoms with E-state index in [1.807, 2.05) is 41.2 Å². The molecule has 1 aliphatic carbocycles. The summed E-state index contributed by atoms with van der Waals surface area (Å²) in [6.45, 7) is 0.235. The summed E-state index contributed by atoms with van der Waals surface area (Å²) < 4.78 is 14.7.